The summed E-state index contributed by atoms with van der Waals surface area (Å²) in [6.07, 6.45) is 10.4. The highest BCUT2D eigenvalue weighted by Crippen LogP contribution is 2.63. The first-order valence-electron chi connectivity index (χ1n) is 12.7. The number of rotatable bonds is 1. The lowest BCUT2D eigenvalue weighted by Gasteiger charge is -2.49. The number of benzene rings is 1. The zero-order valence-corrected chi connectivity index (χ0v) is 20.6. The number of nitrogens with one attached hydrogen (secondary N) is 2. The van der Waals surface area contributed by atoms with Crippen molar-refractivity contribution >= 4 is 16.6 Å². The Morgan fingerprint density at radius 1 is 1.18 bits per heavy atom. The van der Waals surface area contributed by atoms with Crippen molar-refractivity contribution in [2.75, 3.05) is 14.1 Å². The molecule has 0 bridgehead atoms. The second kappa shape index (κ2) is 8.58. The quantitative estimate of drug-likeness (QED) is 0.449. The third kappa shape index (κ3) is 3.66. The molecule has 5 unspecified atom stereocenters. The Kier molecular flexibility index (Phi) is 5.98. The first-order chi connectivity index (χ1) is 16.2. The standard InChI is InChI=1S/C26H31FN2O2.C2H7N/c1-24-10-8-18-13-25(27)14-19(30)4-3-17(25)9-11-26(18,31)23(24)7-5-20(24)16-2-6-21-22(12-16)29-15-28-21;1-3-2/h2,5-6,8,12,15,17,19,23,30-31H,3-4,7,9-11,13-14H2,1H3,(H,28,29);3H,1-2H3/t17?,19?,23?,24?,25?,26-;/m1./s1. The highest BCUT2D eigenvalue weighted by atomic mass is 19.1. The van der Waals surface area contributed by atoms with Gasteiger partial charge in [0, 0.05) is 24.2 Å². The van der Waals surface area contributed by atoms with Crippen LogP contribution < -0.4 is 5.32 Å². The van der Waals surface area contributed by atoms with Crippen LogP contribution in [0.2, 0.25) is 0 Å². The molecule has 1 aromatic carbocycles. The molecule has 2 aromatic rings. The number of alkyl halides is 1. The predicted molar refractivity (Wildman–Crippen MR) is 134 cm³/mol. The van der Waals surface area contributed by atoms with Gasteiger partial charge in [-0.15, -0.1) is 0 Å². The average molecular weight is 468 g/mol. The maximum Gasteiger partial charge on any atom is 0.120 e. The summed E-state index contributed by atoms with van der Waals surface area (Å²) in [7, 11) is 3.75. The van der Waals surface area contributed by atoms with Crippen LogP contribution in [0.15, 0.2) is 42.3 Å². The van der Waals surface area contributed by atoms with Gasteiger partial charge in [0.2, 0.25) is 0 Å². The minimum Gasteiger partial charge on any atom is -0.393 e. The van der Waals surface area contributed by atoms with Gasteiger partial charge in [-0.3, -0.25) is 0 Å². The summed E-state index contributed by atoms with van der Waals surface area (Å²) in [6.45, 7) is 2.27. The molecular weight excluding hydrogens is 429 g/mol. The third-order valence-corrected chi connectivity index (χ3v) is 9.09. The van der Waals surface area contributed by atoms with E-state index in [2.05, 4.69) is 46.5 Å². The summed E-state index contributed by atoms with van der Waals surface area (Å²) >= 11 is 0. The number of aromatic nitrogens is 2. The van der Waals surface area contributed by atoms with Gasteiger partial charge < -0.3 is 20.5 Å². The Morgan fingerprint density at radius 3 is 2.76 bits per heavy atom. The lowest BCUT2D eigenvalue weighted by atomic mass is 9.58. The van der Waals surface area contributed by atoms with Crippen molar-refractivity contribution in [2.45, 2.75) is 75.7 Å². The molecule has 184 valence electrons. The van der Waals surface area contributed by atoms with Crippen LogP contribution in [0.5, 0.6) is 0 Å². The van der Waals surface area contributed by atoms with Crippen molar-refractivity contribution in [1.82, 2.24) is 15.3 Å². The first-order valence-corrected chi connectivity index (χ1v) is 12.7. The van der Waals surface area contributed by atoms with Crippen LogP contribution in [0.1, 0.15) is 63.9 Å². The fourth-order valence-corrected chi connectivity index (χ4v) is 7.38. The Hall–Kier alpha value is -2.02. The molecule has 0 saturated heterocycles. The number of halogens is 1. The Labute approximate surface area is 201 Å². The summed E-state index contributed by atoms with van der Waals surface area (Å²) < 4.78 is 16.0. The van der Waals surface area contributed by atoms with Crippen LogP contribution in [0.4, 0.5) is 4.39 Å². The molecule has 6 heteroatoms. The molecule has 1 aromatic heterocycles. The molecule has 6 atom stereocenters. The molecule has 2 fully saturated rings. The van der Waals surface area contributed by atoms with Crippen LogP contribution in [0, 0.1) is 17.3 Å². The highest BCUT2D eigenvalue weighted by molar-refractivity contribution is 5.83. The van der Waals surface area contributed by atoms with Crippen molar-refractivity contribution < 1.29 is 14.6 Å². The Balaban J connectivity index is 0.000000764. The van der Waals surface area contributed by atoms with Gasteiger partial charge in [0.1, 0.15) is 5.67 Å². The highest BCUT2D eigenvalue weighted by Gasteiger charge is 2.59. The van der Waals surface area contributed by atoms with E-state index in [9.17, 15) is 10.2 Å². The second-order valence-electron chi connectivity index (χ2n) is 11.2. The number of imidazole rings is 1. The van der Waals surface area contributed by atoms with E-state index >= 15 is 4.39 Å². The van der Waals surface area contributed by atoms with E-state index < -0.39 is 17.4 Å². The molecule has 5 nitrogen and oxygen atoms in total. The largest absolute Gasteiger partial charge is 0.393 e. The van der Waals surface area contributed by atoms with Crippen molar-refractivity contribution in [1.29, 1.82) is 0 Å². The zero-order valence-electron chi connectivity index (χ0n) is 20.6. The molecule has 2 saturated carbocycles. The van der Waals surface area contributed by atoms with Gasteiger partial charge >= 0.3 is 0 Å². The normalized spacial score (nSPS) is 39.1. The summed E-state index contributed by atoms with van der Waals surface area (Å²) in [4.78, 5) is 7.53. The smallest absolute Gasteiger partial charge is 0.120 e. The van der Waals surface area contributed by atoms with Gasteiger partial charge in [0.25, 0.3) is 0 Å². The molecule has 4 aliphatic carbocycles. The SMILES string of the molecule is CC12CC=C3CC4(F)CC(O)CCC4CC[C@]3(O)C1CC=C2c1ccc2nc[nH]c2c1.CNC. The number of aliphatic hydroxyl groups is 2. The predicted octanol–water partition coefficient (Wildman–Crippen LogP) is 4.92. The topological polar surface area (TPSA) is 81.2 Å². The molecule has 0 radical (unpaired) electrons. The maximum atomic E-state index is 16.0. The fraction of sp³-hybridized carbons (Fsp3) is 0.607. The maximum absolute atomic E-state index is 16.0. The summed E-state index contributed by atoms with van der Waals surface area (Å²) in [5.74, 6) is -0.00422. The van der Waals surface area contributed by atoms with E-state index in [-0.39, 0.29) is 30.1 Å². The van der Waals surface area contributed by atoms with Crippen LogP contribution in [-0.4, -0.2) is 51.7 Å². The number of allylic oxidation sites excluding steroid dienone is 3. The van der Waals surface area contributed by atoms with E-state index in [1.165, 1.54) is 11.1 Å². The molecule has 34 heavy (non-hydrogen) atoms. The molecule has 6 rings (SSSR count). The lowest BCUT2D eigenvalue weighted by molar-refractivity contribution is -0.0359. The molecular formula is C28H38FN3O2. The molecule has 0 spiro atoms. The fourth-order valence-electron chi connectivity index (χ4n) is 7.38. The summed E-state index contributed by atoms with van der Waals surface area (Å²) in [5, 5.41) is 25.0. The number of H-pyrrole nitrogens is 1. The van der Waals surface area contributed by atoms with Crippen molar-refractivity contribution in [3.05, 3.63) is 47.8 Å². The molecule has 4 aliphatic rings. The van der Waals surface area contributed by atoms with Crippen molar-refractivity contribution in [2.24, 2.45) is 17.3 Å². The molecule has 4 N–H and O–H groups in total. The van der Waals surface area contributed by atoms with E-state index in [0.29, 0.717) is 19.3 Å². The number of aliphatic hydroxyl groups excluding tert-OH is 1. The van der Waals surface area contributed by atoms with E-state index in [1.807, 2.05) is 20.2 Å². The zero-order chi connectivity index (χ0) is 24.1. The average Bonchev–Trinajstić information content (AvgIpc) is 3.37. The van der Waals surface area contributed by atoms with Crippen LogP contribution in [0.25, 0.3) is 16.6 Å². The minimum absolute atomic E-state index is 0.0566. The Morgan fingerprint density at radius 2 is 1.97 bits per heavy atom. The molecule has 1 heterocycles. The van der Waals surface area contributed by atoms with E-state index in [0.717, 1.165) is 35.9 Å². The van der Waals surface area contributed by atoms with Gasteiger partial charge in [-0.1, -0.05) is 25.1 Å². The van der Waals surface area contributed by atoms with Crippen molar-refractivity contribution in [3.63, 3.8) is 0 Å². The number of hydrogen-bond donors (Lipinski definition) is 4. The van der Waals surface area contributed by atoms with Gasteiger partial charge in [-0.2, -0.15) is 0 Å². The summed E-state index contributed by atoms with van der Waals surface area (Å²) in [5.41, 5.74) is 2.78. The number of nitrogens with zero attached hydrogens (tertiary/aromatic N) is 1. The monoisotopic (exact) mass is 467 g/mol. The van der Waals surface area contributed by atoms with Gasteiger partial charge in [0.15, 0.2) is 0 Å². The Bertz CT molecular complexity index is 1130. The van der Waals surface area contributed by atoms with Gasteiger partial charge in [-0.25, -0.2) is 9.37 Å². The van der Waals surface area contributed by atoms with Crippen molar-refractivity contribution in [3.8, 4) is 0 Å². The number of fused-ring (bicyclic) bond motifs is 5. The van der Waals surface area contributed by atoms with Crippen LogP contribution in [0.3, 0.4) is 0 Å². The number of hydrogen-bond acceptors (Lipinski definition) is 4. The number of aromatic amines is 1. The second-order valence-corrected chi connectivity index (χ2v) is 11.2. The minimum atomic E-state index is -1.39. The first kappa shape index (κ1) is 23.7. The van der Waals surface area contributed by atoms with Gasteiger partial charge in [-0.05, 0) is 87.4 Å². The molecule has 0 amide bonds. The third-order valence-electron chi connectivity index (χ3n) is 9.09. The van der Waals surface area contributed by atoms with Crippen LogP contribution in [-0.2, 0) is 0 Å². The lowest BCUT2D eigenvalue weighted by Crippen LogP contribution is -2.49. The van der Waals surface area contributed by atoms with Crippen LogP contribution >= 0.6 is 0 Å². The van der Waals surface area contributed by atoms with Gasteiger partial charge in [0.05, 0.1) is 29.1 Å². The van der Waals surface area contributed by atoms with E-state index in [1.54, 1.807) is 6.33 Å². The summed E-state index contributed by atoms with van der Waals surface area (Å²) in [6, 6.07) is 6.34. The van der Waals surface area contributed by atoms with E-state index in [4.69, 9.17) is 0 Å². The molecule has 0 aliphatic heterocycles.